The predicted molar refractivity (Wildman–Crippen MR) is 70.3 cm³/mol. The van der Waals surface area contributed by atoms with Gasteiger partial charge in [0, 0.05) is 0 Å². The zero-order valence-electron chi connectivity index (χ0n) is 11.0. The first-order valence-corrected chi connectivity index (χ1v) is 12.4. The average Bonchev–Trinajstić information content (AvgIpc) is 2.47. The molecular formula is C11H22O3Si2. The van der Waals surface area contributed by atoms with Crippen LogP contribution in [0.5, 0.6) is 0 Å². The Morgan fingerprint density at radius 1 is 1.00 bits per heavy atom. The van der Waals surface area contributed by atoms with E-state index in [0.717, 1.165) is 5.76 Å². The quantitative estimate of drug-likeness (QED) is 0.591. The molecule has 0 aromatic carbocycles. The van der Waals surface area contributed by atoms with E-state index in [4.69, 9.17) is 13.3 Å². The van der Waals surface area contributed by atoms with Gasteiger partial charge in [-0.3, -0.25) is 0 Å². The first kappa shape index (κ1) is 13.7. The van der Waals surface area contributed by atoms with E-state index in [-0.39, 0.29) is 6.29 Å². The predicted octanol–water partition coefficient (Wildman–Crippen LogP) is 3.98. The molecule has 0 aliphatic rings. The van der Waals surface area contributed by atoms with Crippen LogP contribution in [0.25, 0.3) is 0 Å². The Morgan fingerprint density at radius 2 is 1.50 bits per heavy atom. The van der Waals surface area contributed by atoms with E-state index in [1.165, 1.54) is 0 Å². The van der Waals surface area contributed by atoms with Gasteiger partial charge in [-0.1, -0.05) is 0 Å². The second-order valence-corrected chi connectivity index (χ2v) is 14.7. The topological polar surface area (TPSA) is 31.6 Å². The molecular weight excluding hydrogens is 236 g/mol. The molecule has 1 rings (SSSR count). The van der Waals surface area contributed by atoms with Crippen LogP contribution >= 0.6 is 0 Å². The van der Waals surface area contributed by atoms with Gasteiger partial charge in [0.05, 0.1) is 6.26 Å². The van der Waals surface area contributed by atoms with Gasteiger partial charge in [0.1, 0.15) is 0 Å². The summed E-state index contributed by atoms with van der Waals surface area (Å²) in [7, 11) is -3.28. The minimum atomic E-state index is -1.64. The van der Waals surface area contributed by atoms with Crippen molar-refractivity contribution in [2.45, 2.75) is 45.6 Å². The van der Waals surface area contributed by atoms with Crippen LogP contribution in [0, 0.1) is 0 Å². The van der Waals surface area contributed by atoms with Crippen molar-refractivity contribution in [3.63, 3.8) is 0 Å². The fourth-order valence-corrected chi connectivity index (χ4v) is 2.92. The van der Waals surface area contributed by atoms with Crippen LogP contribution in [0.15, 0.2) is 22.8 Å². The third-order valence-corrected chi connectivity index (χ3v) is 3.54. The van der Waals surface area contributed by atoms with Gasteiger partial charge in [-0.25, -0.2) is 0 Å². The highest BCUT2D eigenvalue weighted by atomic mass is 28.4. The van der Waals surface area contributed by atoms with Crippen LogP contribution in [0.4, 0.5) is 0 Å². The van der Waals surface area contributed by atoms with Gasteiger partial charge in [0.25, 0.3) is 0 Å². The second-order valence-electron chi connectivity index (χ2n) is 5.81. The molecule has 0 bridgehead atoms. The van der Waals surface area contributed by atoms with Gasteiger partial charge in [-0.05, 0) is 51.4 Å². The molecule has 16 heavy (non-hydrogen) atoms. The van der Waals surface area contributed by atoms with Gasteiger partial charge >= 0.3 is 0 Å². The van der Waals surface area contributed by atoms with Gasteiger partial charge in [-0.15, -0.1) is 0 Å². The highest BCUT2D eigenvalue weighted by Crippen LogP contribution is 2.27. The van der Waals surface area contributed by atoms with E-state index in [1.807, 2.05) is 12.1 Å². The first-order valence-electron chi connectivity index (χ1n) is 5.56. The molecule has 1 aromatic rings. The Kier molecular flexibility index (Phi) is 4.17. The highest BCUT2D eigenvalue weighted by molar-refractivity contribution is 6.70. The first-order chi connectivity index (χ1) is 7.17. The minimum absolute atomic E-state index is 0.340. The van der Waals surface area contributed by atoms with E-state index in [9.17, 15) is 0 Å². The van der Waals surface area contributed by atoms with Gasteiger partial charge in [0.2, 0.25) is 0 Å². The van der Waals surface area contributed by atoms with Crippen LogP contribution in [-0.4, -0.2) is 16.6 Å². The normalized spacial score (nSPS) is 13.4. The molecule has 0 aliphatic heterocycles. The van der Waals surface area contributed by atoms with Crippen molar-refractivity contribution in [3.05, 3.63) is 24.2 Å². The summed E-state index contributed by atoms with van der Waals surface area (Å²) in [4.78, 5) is 0. The Morgan fingerprint density at radius 3 is 1.81 bits per heavy atom. The summed E-state index contributed by atoms with van der Waals surface area (Å²) in [6.45, 7) is 12.9. The van der Waals surface area contributed by atoms with E-state index in [2.05, 4.69) is 39.3 Å². The molecule has 0 amide bonds. The van der Waals surface area contributed by atoms with Crippen molar-refractivity contribution < 1.29 is 13.3 Å². The smallest absolute Gasteiger partial charge is 0.198 e. The van der Waals surface area contributed by atoms with Gasteiger partial charge in [0.15, 0.2) is 28.7 Å². The monoisotopic (exact) mass is 258 g/mol. The van der Waals surface area contributed by atoms with Crippen LogP contribution < -0.4 is 0 Å². The van der Waals surface area contributed by atoms with Crippen LogP contribution in [0.1, 0.15) is 12.1 Å². The third-order valence-electron chi connectivity index (χ3n) is 1.70. The van der Waals surface area contributed by atoms with E-state index >= 15 is 0 Å². The molecule has 0 saturated carbocycles. The molecule has 1 aromatic heterocycles. The van der Waals surface area contributed by atoms with Crippen LogP contribution in [0.2, 0.25) is 39.3 Å². The molecule has 5 heteroatoms. The van der Waals surface area contributed by atoms with Crippen molar-refractivity contribution in [2.24, 2.45) is 0 Å². The van der Waals surface area contributed by atoms with Gasteiger partial charge < -0.3 is 13.3 Å². The zero-order chi connectivity index (χ0) is 12.4. The lowest BCUT2D eigenvalue weighted by Gasteiger charge is -2.30. The van der Waals surface area contributed by atoms with Crippen molar-refractivity contribution in [3.8, 4) is 0 Å². The molecule has 0 aliphatic carbocycles. The van der Waals surface area contributed by atoms with Crippen LogP contribution in [0.3, 0.4) is 0 Å². The minimum Gasteiger partial charge on any atom is -0.464 e. The van der Waals surface area contributed by atoms with E-state index in [0.29, 0.717) is 0 Å². The van der Waals surface area contributed by atoms with Crippen molar-refractivity contribution >= 4 is 16.6 Å². The second kappa shape index (κ2) is 4.87. The lowest BCUT2D eigenvalue weighted by Crippen LogP contribution is -2.35. The Labute approximate surface area is 100 Å². The molecule has 0 radical (unpaired) electrons. The summed E-state index contributed by atoms with van der Waals surface area (Å²) in [5.41, 5.74) is 0. The SMILES string of the molecule is C[Si](C)(C)OC(O[Si](C)(C)C)c1ccco1. The third kappa shape index (κ3) is 5.11. The van der Waals surface area contributed by atoms with E-state index in [1.54, 1.807) is 6.26 Å². The summed E-state index contributed by atoms with van der Waals surface area (Å²) in [5, 5.41) is 0. The zero-order valence-corrected chi connectivity index (χ0v) is 13.0. The molecule has 92 valence electrons. The number of hydrogen-bond donors (Lipinski definition) is 0. The molecule has 0 atom stereocenters. The Balaban J connectivity index is 2.79. The summed E-state index contributed by atoms with van der Waals surface area (Å²) in [6.07, 6.45) is 1.32. The number of hydrogen-bond acceptors (Lipinski definition) is 3. The molecule has 3 nitrogen and oxygen atoms in total. The Bertz CT molecular complexity index is 293. The number of rotatable bonds is 5. The van der Waals surface area contributed by atoms with Crippen molar-refractivity contribution in [1.82, 2.24) is 0 Å². The van der Waals surface area contributed by atoms with Crippen molar-refractivity contribution in [2.75, 3.05) is 0 Å². The molecule has 1 heterocycles. The lowest BCUT2D eigenvalue weighted by atomic mass is 10.4. The molecule has 0 saturated heterocycles. The largest absolute Gasteiger partial charge is 0.464 e. The summed E-state index contributed by atoms with van der Waals surface area (Å²) in [5.74, 6) is 0.768. The highest BCUT2D eigenvalue weighted by Gasteiger charge is 2.29. The maximum Gasteiger partial charge on any atom is 0.198 e. The van der Waals surface area contributed by atoms with Crippen LogP contribution in [-0.2, 0) is 8.85 Å². The fourth-order valence-electron chi connectivity index (χ4n) is 1.21. The maximum atomic E-state index is 6.02. The fraction of sp³-hybridized carbons (Fsp3) is 0.636. The summed E-state index contributed by atoms with van der Waals surface area (Å²) >= 11 is 0. The standard InChI is InChI=1S/C11H22O3Si2/c1-15(2,3)13-11(14-16(4,5)6)10-8-7-9-12-10/h7-9,11H,1-6H3. The van der Waals surface area contributed by atoms with Crippen molar-refractivity contribution in [1.29, 1.82) is 0 Å². The molecule has 0 unspecified atom stereocenters. The Hall–Kier alpha value is -0.366. The molecule has 0 spiro atoms. The number of furan rings is 1. The lowest BCUT2D eigenvalue weighted by molar-refractivity contribution is -0.0262. The van der Waals surface area contributed by atoms with Gasteiger partial charge in [-0.2, -0.15) is 0 Å². The maximum absolute atomic E-state index is 6.02. The summed E-state index contributed by atoms with van der Waals surface area (Å²) < 4.78 is 17.4. The van der Waals surface area contributed by atoms with E-state index < -0.39 is 16.6 Å². The molecule has 0 fully saturated rings. The average molecular weight is 258 g/mol. The molecule has 0 N–H and O–H groups in total. The summed E-state index contributed by atoms with van der Waals surface area (Å²) in [6, 6.07) is 3.77.